The summed E-state index contributed by atoms with van der Waals surface area (Å²) < 4.78 is 27.2. The number of amides is 3. The lowest BCUT2D eigenvalue weighted by Gasteiger charge is -2.31. The highest BCUT2D eigenvalue weighted by Gasteiger charge is 2.40. The summed E-state index contributed by atoms with van der Waals surface area (Å²) in [5.74, 6) is -4.73. The number of hydrogen-bond acceptors (Lipinski definition) is 5. The lowest BCUT2D eigenvalue weighted by Crippen LogP contribution is -2.56. The fourth-order valence-electron chi connectivity index (χ4n) is 3.52. The molecule has 3 rings (SSSR count). The van der Waals surface area contributed by atoms with Gasteiger partial charge >= 0.3 is 0 Å². The van der Waals surface area contributed by atoms with E-state index in [0.717, 1.165) is 17.7 Å². The van der Waals surface area contributed by atoms with Gasteiger partial charge in [-0.15, -0.1) is 0 Å². The SMILES string of the molecule is C[C@H](N)C(=O)N(C(=O)[C@H](O)c1cc(F)cc(F)c1)[C@H]1CC(c2ccccc2)=CCNC1=O. The molecule has 2 aromatic rings. The van der Waals surface area contributed by atoms with E-state index in [1.807, 2.05) is 30.3 Å². The van der Waals surface area contributed by atoms with E-state index in [2.05, 4.69) is 5.32 Å². The van der Waals surface area contributed by atoms with Crippen molar-refractivity contribution < 1.29 is 28.3 Å². The van der Waals surface area contributed by atoms with Crippen LogP contribution in [-0.4, -0.2) is 46.4 Å². The largest absolute Gasteiger partial charge is 0.378 e. The Kier molecular flexibility index (Phi) is 7.12. The molecule has 168 valence electrons. The van der Waals surface area contributed by atoms with Crippen LogP contribution in [-0.2, 0) is 14.4 Å². The Hall–Kier alpha value is -3.43. The number of aliphatic hydroxyl groups excluding tert-OH is 1. The van der Waals surface area contributed by atoms with Crippen molar-refractivity contribution in [2.45, 2.75) is 31.5 Å². The van der Waals surface area contributed by atoms with Gasteiger partial charge in [0.25, 0.3) is 5.91 Å². The molecule has 0 aromatic heterocycles. The van der Waals surface area contributed by atoms with Crippen molar-refractivity contribution in [3.8, 4) is 0 Å². The number of nitrogens with two attached hydrogens (primary N) is 1. The number of benzene rings is 2. The van der Waals surface area contributed by atoms with Gasteiger partial charge in [0.1, 0.15) is 17.7 Å². The highest BCUT2D eigenvalue weighted by molar-refractivity contribution is 6.04. The average Bonchev–Trinajstić information content (AvgIpc) is 2.95. The zero-order chi connectivity index (χ0) is 23.4. The summed E-state index contributed by atoms with van der Waals surface area (Å²) in [5, 5.41) is 13.2. The Morgan fingerprint density at radius 1 is 1.12 bits per heavy atom. The molecule has 32 heavy (non-hydrogen) atoms. The van der Waals surface area contributed by atoms with Gasteiger partial charge in [-0.2, -0.15) is 0 Å². The van der Waals surface area contributed by atoms with Crippen LogP contribution in [0.2, 0.25) is 0 Å². The van der Waals surface area contributed by atoms with Crippen LogP contribution in [0, 0.1) is 11.6 Å². The first-order chi connectivity index (χ1) is 15.2. The van der Waals surface area contributed by atoms with Crippen LogP contribution in [0.25, 0.3) is 5.57 Å². The van der Waals surface area contributed by atoms with E-state index < -0.39 is 47.5 Å². The van der Waals surface area contributed by atoms with Gasteiger partial charge in [0, 0.05) is 19.0 Å². The van der Waals surface area contributed by atoms with Gasteiger partial charge in [-0.25, -0.2) is 8.78 Å². The average molecular weight is 443 g/mol. The molecule has 4 N–H and O–H groups in total. The van der Waals surface area contributed by atoms with Gasteiger partial charge in [-0.05, 0) is 35.8 Å². The molecule has 1 aliphatic heterocycles. The Bertz CT molecular complexity index is 1040. The number of aliphatic hydroxyl groups is 1. The standard InChI is InChI=1S/C23H23F2N3O4/c1-13(26)22(31)28(23(32)20(29)16-9-17(24)12-18(25)10-16)19-11-15(7-8-27-21(19)30)14-5-3-2-4-6-14/h2-7,9-10,12-13,19-20,29H,8,11,26H2,1H3,(H,27,30)/t13-,19-,20+/m0/s1. The third-order valence-corrected chi connectivity index (χ3v) is 5.10. The van der Waals surface area contributed by atoms with E-state index in [1.165, 1.54) is 6.92 Å². The molecule has 9 heteroatoms. The lowest BCUT2D eigenvalue weighted by molar-refractivity contribution is -0.157. The summed E-state index contributed by atoms with van der Waals surface area (Å²) in [7, 11) is 0. The predicted octanol–water partition coefficient (Wildman–Crippen LogP) is 1.67. The topological polar surface area (TPSA) is 113 Å². The normalized spacial score (nSPS) is 18.1. The molecule has 0 fully saturated rings. The summed E-state index contributed by atoms with van der Waals surface area (Å²) in [4.78, 5) is 39.4. The molecule has 1 aliphatic rings. The number of rotatable bonds is 5. The Morgan fingerprint density at radius 2 is 1.75 bits per heavy atom. The molecule has 3 amide bonds. The van der Waals surface area contributed by atoms with Crippen molar-refractivity contribution in [1.29, 1.82) is 0 Å². The third-order valence-electron chi connectivity index (χ3n) is 5.10. The Morgan fingerprint density at radius 3 is 2.34 bits per heavy atom. The molecule has 3 atom stereocenters. The van der Waals surface area contributed by atoms with Gasteiger partial charge in [-0.1, -0.05) is 36.4 Å². The maximum absolute atomic E-state index is 13.6. The van der Waals surface area contributed by atoms with Gasteiger partial charge in [-0.3, -0.25) is 19.3 Å². The number of carbonyl (C=O) groups is 3. The van der Waals surface area contributed by atoms with Crippen LogP contribution in [0.5, 0.6) is 0 Å². The van der Waals surface area contributed by atoms with E-state index in [0.29, 0.717) is 16.5 Å². The first-order valence-electron chi connectivity index (χ1n) is 9.97. The highest BCUT2D eigenvalue weighted by atomic mass is 19.1. The number of nitrogens with zero attached hydrogens (tertiary/aromatic N) is 1. The van der Waals surface area contributed by atoms with Crippen molar-refractivity contribution in [2.24, 2.45) is 5.73 Å². The van der Waals surface area contributed by atoms with E-state index in [4.69, 9.17) is 5.73 Å². The zero-order valence-corrected chi connectivity index (χ0v) is 17.3. The minimum absolute atomic E-state index is 0.0235. The van der Waals surface area contributed by atoms with Crippen molar-refractivity contribution in [2.75, 3.05) is 6.54 Å². The first-order valence-corrected chi connectivity index (χ1v) is 9.97. The van der Waals surface area contributed by atoms with E-state index in [-0.39, 0.29) is 18.5 Å². The molecule has 0 saturated carbocycles. The van der Waals surface area contributed by atoms with Crippen molar-refractivity contribution >= 4 is 23.3 Å². The second-order valence-corrected chi connectivity index (χ2v) is 7.50. The van der Waals surface area contributed by atoms with Gasteiger partial charge < -0.3 is 16.2 Å². The van der Waals surface area contributed by atoms with Crippen LogP contribution in [0.1, 0.15) is 30.6 Å². The summed E-state index contributed by atoms with van der Waals surface area (Å²) in [6.07, 6.45) is -0.336. The second-order valence-electron chi connectivity index (χ2n) is 7.50. The molecule has 0 saturated heterocycles. The molecule has 0 bridgehead atoms. The van der Waals surface area contributed by atoms with E-state index >= 15 is 0 Å². The molecule has 2 aromatic carbocycles. The number of imide groups is 1. The molecule has 7 nitrogen and oxygen atoms in total. The minimum atomic E-state index is -2.08. The fraction of sp³-hybridized carbons (Fsp3) is 0.261. The zero-order valence-electron chi connectivity index (χ0n) is 17.3. The molecule has 0 radical (unpaired) electrons. The number of carbonyl (C=O) groups excluding carboxylic acids is 3. The summed E-state index contributed by atoms with van der Waals surface area (Å²) in [5.41, 5.74) is 6.82. The quantitative estimate of drug-likeness (QED) is 0.651. The molecular formula is C23H23F2N3O4. The monoisotopic (exact) mass is 443 g/mol. The van der Waals surface area contributed by atoms with Gasteiger partial charge in [0.2, 0.25) is 11.8 Å². The third kappa shape index (κ3) is 5.06. The maximum atomic E-state index is 13.6. The van der Waals surface area contributed by atoms with E-state index in [1.54, 1.807) is 6.08 Å². The van der Waals surface area contributed by atoms with Crippen LogP contribution in [0.4, 0.5) is 8.78 Å². The molecular weight excluding hydrogens is 420 g/mol. The maximum Gasteiger partial charge on any atom is 0.263 e. The van der Waals surface area contributed by atoms with Crippen LogP contribution < -0.4 is 11.1 Å². The predicted molar refractivity (Wildman–Crippen MR) is 113 cm³/mol. The molecule has 1 heterocycles. The lowest BCUT2D eigenvalue weighted by atomic mass is 9.96. The smallest absolute Gasteiger partial charge is 0.263 e. The second kappa shape index (κ2) is 9.80. The summed E-state index contributed by atoms with van der Waals surface area (Å²) in [6, 6.07) is 8.75. The van der Waals surface area contributed by atoms with Crippen LogP contribution in [0.3, 0.4) is 0 Å². The Balaban J connectivity index is 2.00. The van der Waals surface area contributed by atoms with Crippen molar-refractivity contribution in [3.63, 3.8) is 0 Å². The number of hydrogen-bond donors (Lipinski definition) is 3. The highest BCUT2D eigenvalue weighted by Crippen LogP contribution is 2.27. The van der Waals surface area contributed by atoms with Crippen molar-refractivity contribution in [1.82, 2.24) is 10.2 Å². The van der Waals surface area contributed by atoms with Crippen LogP contribution >= 0.6 is 0 Å². The van der Waals surface area contributed by atoms with Crippen LogP contribution in [0.15, 0.2) is 54.6 Å². The Labute approximate surface area is 183 Å². The van der Waals surface area contributed by atoms with Gasteiger partial charge in [0.15, 0.2) is 6.10 Å². The fourth-order valence-corrected chi connectivity index (χ4v) is 3.52. The minimum Gasteiger partial charge on any atom is -0.378 e. The molecule has 0 spiro atoms. The first kappa shape index (κ1) is 23.2. The molecule has 0 aliphatic carbocycles. The van der Waals surface area contributed by atoms with Gasteiger partial charge in [0.05, 0.1) is 6.04 Å². The van der Waals surface area contributed by atoms with E-state index in [9.17, 15) is 28.3 Å². The van der Waals surface area contributed by atoms with Crippen molar-refractivity contribution in [3.05, 3.63) is 77.4 Å². The number of nitrogens with one attached hydrogen (secondary N) is 1. The summed E-state index contributed by atoms with van der Waals surface area (Å²) in [6.45, 7) is 1.50. The summed E-state index contributed by atoms with van der Waals surface area (Å²) >= 11 is 0. The number of halogens is 2. The molecule has 0 unspecified atom stereocenters.